The van der Waals surface area contributed by atoms with E-state index < -0.39 is 0 Å². The molecule has 3 heterocycles. The van der Waals surface area contributed by atoms with E-state index in [1.807, 2.05) is 18.2 Å². The van der Waals surface area contributed by atoms with E-state index in [1.54, 1.807) is 0 Å². The first-order valence-corrected chi connectivity index (χ1v) is 8.05. The fourth-order valence-corrected chi connectivity index (χ4v) is 3.99. The molecule has 4 nitrogen and oxygen atoms in total. The molecule has 1 aromatic carbocycles. The maximum absolute atomic E-state index is 12.5. The molecule has 3 unspecified atom stereocenters. The van der Waals surface area contributed by atoms with Gasteiger partial charge in [-0.15, -0.1) is 12.4 Å². The van der Waals surface area contributed by atoms with Crippen LogP contribution in [-0.2, 0) is 11.2 Å². The zero-order valence-electron chi connectivity index (χ0n) is 12.6. The normalized spacial score (nSPS) is 32.4. The second-order valence-electron chi connectivity index (χ2n) is 6.63. The minimum atomic E-state index is -0.0487. The van der Waals surface area contributed by atoms with Crippen molar-refractivity contribution < 1.29 is 9.53 Å². The molecule has 2 bridgehead atoms. The predicted molar refractivity (Wildman–Crippen MR) is 87.5 cm³/mol. The molecule has 22 heavy (non-hydrogen) atoms. The van der Waals surface area contributed by atoms with Gasteiger partial charge in [-0.1, -0.05) is 18.2 Å². The summed E-state index contributed by atoms with van der Waals surface area (Å²) in [4.78, 5) is 12.5. The van der Waals surface area contributed by atoms with Gasteiger partial charge in [-0.2, -0.15) is 0 Å². The summed E-state index contributed by atoms with van der Waals surface area (Å²) >= 11 is 0. The Labute approximate surface area is 137 Å². The fraction of sp³-hybridized carbons (Fsp3) is 0.588. The van der Waals surface area contributed by atoms with E-state index in [4.69, 9.17) is 4.74 Å². The van der Waals surface area contributed by atoms with Gasteiger partial charge in [0.25, 0.3) is 0 Å². The zero-order valence-corrected chi connectivity index (χ0v) is 13.4. The van der Waals surface area contributed by atoms with Gasteiger partial charge in [0.05, 0.1) is 5.92 Å². The molecule has 2 saturated heterocycles. The van der Waals surface area contributed by atoms with E-state index in [0.29, 0.717) is 24.7 Å². The van der Waals surface area contributed by atoms with Crippen LogP contribution in [0.2, 0.25) is 0 Å². The van der Waals surface area contributed by atoms with E-state index in [1.165, 1.54) is 12.8 Å². The summed E-state index contributed by atoms with van der Waals surface area (Å²) in [6.07, 6.45) is 5.46. The first-order chi connectivity index (χ1) is 10.3. The molecule has 3 aliphatic rings. The molecule has 0 aliphatic carbocycles. The molecule has 0 aromatic heterocycles. The molecule has 3 aliphatic heterocycles. The first-order valence-electron chi connectivity index (χ1n) is 8.05. The third-order valence-electron chi connectivity index (χ3n) is 5.07. The second kappa shape index (κ2) is 6.47. The number of rotatable bonds is 2. The van der Waals surface area contributed by atoms with Gasteiger partial charge in [0, 0.05) is 18.1 Å². The standard InChI is InChI=1S/C17H22N2O2.ClH/c20-17(19-15-8-13-5-6-14(9-15)18-13)12-7-11-3-1-2-4-16(11)21-10-12;/h1-4,12-15,18H,5-10H2,(H,19,20);1H. The van der Waals surface area contributed by atoms with Gasteiger partial charge in [-0.05, 0) is 43.7 Å². The molecule has 1 aromatic rings. The van der Waals surface area contributed by atoms with E-state index in [2.05, 4.69) is 16.7 Å². The van der Waals surface area contributed by atoms with Crippen LogP contribution >= 0.6 is 12.4 Å². The highest BCUT2D eigenvalue weighted by Gasteiger charge is 2.35. The Hall–Kier alpha value is -1.26. The summed E-state index contributed by atoms with van der Waals surface area (Å²) in [7, 11) is 0. The number of carbonyl (C=O) groups excluding carboxylic acids is 1. The van der Waals surface area contributed by atoms with Crippen molar-refractivity contribution in [3.63, 3.8) is 0 Å². The highest BCUT2D eigenvalue weighted by atomic mass is 35.5. The fourth-order valence-electron chi connectivity index (χ4n) is 3.99. The molecular formula is C17H23ClN2O2. The van der Waals surface area contributed by atoms with Crippen LogP contribution < -0.4 is 15.4 Å². The van der Waals surface area contributed by atoms with Crippen LogP contribution in [0.1, 0.15) is 31.2 Å². The Balaban J connectivity index is 0.00000144. The van der Waals surface area contributed by atoms with E-state index in [-0.39, 0.29) is 24.2 Å². The van der Waals surface area contributed by atoms with Crippen LogP contribution in [0.3, 0.4) is 0 Å². The lowest BCUT2D eigenvalue weighted by atomic mass is 9.94. The summed E-state index contributed by atoms with van der Waals surface area (Å²) in [6.45, 7) is 0.501. The summed E-state index contributed by atoms with van der Waals surface area (Å²) < 4.78 is 5.73. The number of benzene rings is 1. The largest absolute Gasteiger partial charge is 0.492 e. The Kier molecular flexibility index (Phi) is 4.59. The number of fused-ring (bicyclic) bond motifs is 3. The average Bonchev–Trinajstić information content (AvgIpc) is 2.85. The average molecular weight is 323 g/mol. The zero-order chi connectivity index (χ0) is 14.2. The second-order valence-corrected chi connectivity index (χ2v) is 6.63. The van der Waals surface area contributed by atoms with Crippen molar-refractivity contribution in [2.24, 2.45) is 5.92 Å². The number of carbonyl (C=O) groups is 1. The number of hydrogen-bond acceptors (Lipinski definition) is 3. The van der Waals surface area contributed by atoms with Crippen molar-refractivity contribution in [1.29, 1.82) is 0 Å². The Morgan fingerprint density at radius 1 is 1.18 bits per heavy atom. The van der Waals surface area contributed by atoms with Gasteiger partial charge in [-0.3, -0.25) is 4.79 Å². The lowest BCUT2D eigenvalue weighted by Crippen LogP contribution is -2.50. The van der Waals surface area contributed by atoms with Crippen LogP contribution in [0, 0.1) is 5.92 Å². The third-order valence-corrected chi connectivity index (χ3v) is 5.07. The molecular weight excluding hydrogens is 300 g/mol. The van der Waals surface area contributed by atoms with Crippen molar-refractivity contribution >= 4 is 18.3 Å². The Morgan fingerprint density at radius 3 is 2.68 bits per heavy atom. The van der Waals surface area contributed by atoms with Gasteiger partial charge in [0.15, 0.2) is 0 Å². The molecule has 5 heteroatoms. The van der Waals surface area contributed by atoms with Gasteiger partial charge >= 0.3 is 0 Å². The van der Waals surface area contributed by atoms with E-state index in [9.17, 15) is 4.79 Å². The van der Waals surface area contributed by atoms with Gasteiger partial charge in [0.2, 0.25) is 5.91 Å². The van der Waals surface area contributed by atoms with Gasteiger partial charge in [0.1, 0.15) is 12.4 Å². The van der Waals surface area contributed by atoms with Crippen molar-refractivity contribution in [2.75, 3.05) is 6.61 Å². The number of para-hydroxylation sites is 1. The van der Waals surface area contributed by atoms with Crippen molar-refractivity contribution in [1.82, 2.24) is 10.6 Å². The summed E-state index contributed by atoms with van der Waals surface area (Å²) in [5.74, 6) is 1.05. The smallest absolute Gasteiger partial charge is 0.227 e. The number of nitrogens with one attached hydrogen (secondary N) is 2. The van der Waals surface area contributed by atoms with E-state index in [0.717, 1.165) is 30.6 Å². The number of hydrogen-bond donors (Lipinski definition) is 2. The van der Waals surface area contributed by atoms with Crippen LogP contribution in [0.5, 0.6) is 5.75 Å². The topological polar surface area (TPSA) is 50.4 Å². The lowest BCUT2D eigenvalue weighted by Gasteiger charge is -2.32. The lowest BCUT2D eigenvalue weighted by molar-refractivity contribution is -0.127. The van der Waals surface area contributed by atoms with Crippen molar-refractivity contribution in [3.05, 3.63) is 29.8 Å². The summed E-state index contributed by atoms with van der Waals surface area (Å²) in [6, 6.07) is 9.58. The maximum Gasteiger partial charge on any atom is 0.227 e. The number of amides is 1. The first kappa shape index (κ1) is 15.6. The SMILES string of the molecule is Cl.O=C(NC1CC2CCC(C1)N2)C1COc2ccccc2C1. The monoisotopic (exact) mass is 322 g/mol. The van der Waals surface area contributed by atoms with Crippen LogP contribution in [-0.4, -0.2) is 30.6 Å². The molecule has 1 amide bonds. The Morgan fingerprint density at radius 2 is 1.91 bits per heavy atom. The maximum atomic E-state index is 12.5. The number of halogens is 1. The van der Waals surface area contributed by atoms with Crippen molar-refractivity contribution in [3.8, 4) is 5.75 Å². The van der Waals surface area contributed by atoms with Crippen LogP contribution in [0.25, 0.3) is 0 Å². The van der Waals surface area contributed by atoms with E-state index >= 15 is 0 Å². The molecule has 0 saturated carbocycles. The third kappa shape index (κ3) is 3.08. The number of ether oxygens (including phenoxy) is 1. The molecule has 0 radical (unpaired) electrons. The summed E-state index contributed by atoms with van der Waals surface area (Å²) in [5, 5.41) is 6.87. The molecule has 3 atom stereocenters. The minimum Gasteiger partial charge on any atom is -0.492 e. The molecule has 0 spiro atoms. The predicted octanol–water partition coefficient (Wildman–Crippen LogP) is 2.06. The molecule has 2 fully saturated rings. The van der Waals surface area contributed by atoms with Crippen LogP contribution in [0.15, 0.2) is 24.3 Å². The van der Waals surface area contributed by atoms with Crippen LogP contribution in [0.4, 0.5) is 0 Å². The van der Waals surface area contributed by atoms with Crippen molar-refractivity contribution in [2.45, 2.75) is 50.2 Å². The Bertz CT molecular complexity index is 539. The molecule has 4 rings (SSSR count). The number of piperidine rings is 1. The highest BCUT2D eigenvalue weighted by Crippen LogP contribution is 2.29. The minimum absolute atomic E-state index is 0. The summed E-state index contributed by atoms with van der Waals surface area (Å²) in [5.41, 5.74) is 1.15. The highest BCUT2D eigenvalue weighted by molar-refractivity contribution is 5.85. The molecule has 2 N–H and O–H groups in total. The quantitative estimate of drug-likeness (QED) is 0.876. The molecule has 120 valence electrons. The van der Waals surface area contributed by atoms with Gasteiger partial charge in [-0.25, -0.2) is 0 Å². The van der Waals surface area contributed by atoms with Gasteiger partial charge < -0.3 is 15.4 Å².